The zero-order chi connectivity index (χ0) is 16.4. The van der Waals surface area contributed by atoms with Crippen molar-refractivity contribution >= 4 is 11.9 Å². The number of β-amino-alcohol motifs (C(OH)–C–C–N with tert-alkyl or cyclic N) is 2. The molecule has 0 aromatic rings. The number of nitrogens with one attached hydrogen (secondary N) is 2. The molecule has 0 radical (unpaired) electrons. The Kier molecular flexibility index (Phi) is 14.3. The number of carboxylic acid groups (broad SMARTS) is 2. The van der Waals surface area contributed by atoms with Crippen LogP contribution in [0.2, 0.25) is 0 Å². The van der Waals surface area contributed by atoms with E-state index in [1.165, 1.54) is 0 Å². The third-order valence-corrected chi connectivity index (χ3v) is 2.43. The first-order valence-corrected chi connectivity index (χ1v) is 6.20. The largest absolute Gasteiger partial charge is 0.480 e. The molecule has 0 fully saturated rings. The first kappa shape index (κ1) is 25.2. The third-order valence-electron chi connectivity index (χ3n) is 2.43. The van der Waals surface area contributed by atoms with Gasteiger partial charge in [-0.3, -0.25) is 9.59 Å². The zero-order valence-corrected chi connectivity index (χ0v) is 13.7. The van der Waals surface area contributed by atoms with Crippen LogP contribution in [0.5, 0.6) is 0 Å². The van der Waals surface area contributed by atoms with Crippen LogP contribution >= 0.6 is 0 Å². The number of carboxylic acids is 2. The number of aliphatic hydroxyl groups excluding tert-OH is 2. The Morgan fingerprint density at radius 3 is 1.19 bits per heavy atom. The number of carbonyl (C=O) groups is 2. The standard InChI is InChI=1S/2C6H13NO3.Ni/c2*1-6(2,5(9)10)7-3-4-8;/h2*7-8H,3-4H2,1-2H3,(H,9,10);. The summed E-state index contributed by atoms with van der Waals surface area (Å²) in [5, 5.41) is 39.1. The van der Waals surface area contributed by atoms with Crippen LogP contribution in [0.1, 0.15) is 27.7 Å². The molecule has 21 heavy (non-hydrogen) atoms. The minimum Gasteiger partial charge on any atom is -0.480 e. The minimum absolute atomic E-state index is 0. The fraction of sp³-hybridized carbons (Fsp3) is 0.833. The molecule has 0 spiro atoms. The Morgan fingerprint density at radius 2 is 1.05 bits per heavy atom. The maximum Gasteiger partial charge on any atom is 0.323 e. The maximum absolute atomic E-state index is 10.4. The van der Waals surface area contributed by atoms with Crippen LogP contribution in [0, 0.1) is 0 Å². The van der Waals surface area contributed by atoms with Crippen LogP contribution < -0.4 is 10.6 Å². The van der Waals surface area contributed by atoms with Crippen LogP contribution in [0.25, 0.3) is 0 Å². The van der Waals surface area contributed by atoms with Crippen molar-refractivity contribution in [1.29, 1.82) is 0 Å². The Morgan fingerprint density at radius 1 is 0.810 bits per heavy atom. The second-order valence-corrected chi connectivity index (χ2v) is 5.16. The van der Waals surface area contributed by atoms with Gasteiger partial charge in [-0.2, -0.15) is 0 Å². The molecule has 0 aliphatic rings. The SMILES string of the molecule is CC(C)(NCCO)C(=O)O.CC(C)(NCCO)C(=O)O.[Ni]. The molecular formula is C12H26N2NiO6. The van der Waals surface area contributed by atoms with Crippen LogP contribution in [0.15, 0.2) is 0 Å². The summed E-state index contributed by atoms with van der Waals surface area (Å²) in [5.41, 5.74) is -1.88. The van der Waals surface area contributed by atoms with E-state index >= 15 is 0 Å². The topological polar surface area (TPSA) is 139 Å². The average molecular weight is 353 g/mol. The second-order valence-electron chi connectivity index (χ2n) is 5.16. The van der Waals surface area contributed by atoms with Gasteiger partial charge in [0.15, 0.2) is 0 Å². The van der Waals surface area contributed by atoms with Crippen molar-refractivity contribution in [3.05, 3.63) is 0 Å². The van der Waals surface area contributed by atoms with Crippen molar-refractivity contribution in [2.45, 2.75) is 38.8 Å². The maximum atomic E-state index is 10.4. The van der Waals surface area contributed by atoms with Gasteiger partial charge in [-0.05, 0) is 27.7 Å². The quantitative estimate of drug-likeness (QED) is 0.301. The molecule has 0 aliphatic carbocycles. The predicted octanol–water partition coefficient (Wildman–Crippen LogP) is -1.14. The van der Waals surface area contributed by atoms with Gasteiger partial charge in [-0.25, -0.2) is 0 Å². The van der Waals surface area contributed by atoms with Crippen molar-refractivity contribution in [1.82, 2.24) is 10.6 Å². The van der Waals surface area contributed by atoms with Crippen molar-refractivity contribution in [2.75, 3.05) is 26.3 Å². The summed E-state index contributed by atoms with van der Waals surface area (Å²) in [6.07, 6.45) is 0. The molecule has 0 saturated carbocycles. The van der Waals surface area contributed by atoms with Gasteiger partial charge in [-0.15, -0.1) is 0 Å². The fourth-order valence-electron chi connectivity index (χ4n) is 0.888. The molecule has 0 aromatic carbocycles. The molecule has 0 amide bonds. The number of aliphatic carboxylic acids is 2. The zero-order valence-electron chi connectivity index (χ0n) is 12.8. The summed E-state index contributed by atoms with van der Waals surface area (Å²) in [4.78, 5) is 20.8. The summed E-state index contributed by atoms with van der Waals surface area (Å²) < 4.78 is 0. The van der Waals surface area contributed by atoms with Gasteiger partial charge in [0.05, 0.1) is 13.2 Å². The van der Waals surface area contributed by atoms with Gasteiger partial charge in [0.1, 0.15) is 11.1 Å². The summed E-state index contributed by atoms with van der Waals surface area (Å²) in [6, 6.07) is 0. The molecule has 0 saturated heterocycles. The fourth-order valence-corrected chi connectivity index (χ4v) is 0.888. The van der Waals surface area contributed by atoms with Crippen LogP contribution in [0.3, 0.4) is 0 Å². The molecule has 8 nitrogen and oxygen atoms in total. The minimum atomic E-state index is -0.942. The van der Waals surface area contributed by atoms with E-state index in [0.29, 0.717) is 13.1 Å². The number of hydrogen-bond acceptors (Lipinski definition) is 6. The Labute approximate surface area is 134 Å². The summed E-state index contributed by atoms with van der Waals surface area (Å²) >= 11 is 0. The van der Waals surface area contributed by atoms with E-state index in [1.807, 2.05) is 0 Å². The molecule has 0 heterocycles. The Bertz CT molecular complexity index is 280. The van der Waals surface area contributed by atoms with Crippen molar-refractivity contribution in [3.63, 3.8) is 0 Å². The van der Waals surface area contributed by atoms with Gasteiger partial charge in [0.2, 0.25) is 0 Å². The first-order chi connectivity index (χ1) is 9.01. The summed E-state index contributed by atoms with van der Waals surface area (Å²) in [6.45, 7) is 6.71. The van der Waals surface area contributed by atoms with Gasteiger partial charge in [0.25, 0.3) is 0 Å². The van der Waals surface area contributed by atoms with Gasteiger partial charge in [0, 0.05) is 29.6 Å². The van der Waals surface area contributed by atoms with E-state index in [9.17, 15) is 9.59 Å². The van der Waals surface area contributed by atoms with Gasteiger partial charge in [-0.1, -0.05) is 0 Å². The van der Waals surface area contributed by atoms with E-state index in [0.717, 1.165) is 0 Å². The molecule has 0 aromatic heterocycles. The van der Waals surface area contributed by atoms with Crippen LogP contribution in [-0.2, 0) is 26.1 Å². The van der Waals surface area contributed by atoms with Crippen molar-refractivity contribution in [3.8, 4) is 0 Å². The van der Waals surface area contributed by atoms with Crippen molar-refractivity contribution < 1.29 is 46.5 Å². The van der Waals surface area contributed by atoms with E-state index in [2.05, 4.69) is 10.6 Å². The molecule has 0 atom stereocenters. The number of aliphatic hydroxyl groups is 2. The molecule has 0 unspecified atom stereocenters. The smallest absolute Gasteiger partial charge is 0.323 e. The molecule has 130 valence electrons. The average Bonchev–Trinajstić information content (AvgIpc) is 2.34. The summed E-state index contributed by atoms with van der Waals surface area (Å²) in [7, 11) is 0. The van der Waals surface area contributed by atoms with Crippen LogP contribution in [-0.4, -0.2) is 69.7 Å². The van der Waals surface area contributed by atoms with Crippen LogP contribution in [0.4, 0.5) is 0 Å². The van der Waals surface area contributed by atoms with E-state index in [-0.39, 0.29) is 29.7 Å². The summed E-state index contributed by atoms with van der Waals surface area (Å²) in [5.74, 6) is -1.83. The Balaban J connectivity index is -0.000000295. The second kappa shape index (κ2) is 11.9. The number of rotatable bonds is 8. The first-order valence-electron chi connectivity index (χ1n) is 6.20. The normalized spacial score (nSPS) is 11.0. The third kappa shape index (κ3) is 12.7. The van der Waals surface area contributed by atoms with Gasteiger partial charge >= 0.3 is 11.9 Å². The molecule has 9 heteroatoms. The van der Waals surface area contributed by atoms with E-state index in [1.54, 1.807) is 27.7 Å². The number of hydrogen-bond donors (Lipinski definition) is 6. The molecule has 0 bridgehead atoms. The predicted molar refractivity (Wildman–Crippen MR) is 73.6 cm³/mol. The van der Waals surface area contributed by atoms with Gasteiger partial charge < -0.3 is 31.1 Å². The van der Waals surface area contributed by atoms with Crippen molar-refractivity contribution in [2.24, 2.45) is 0 Å². The monoisotopic (exact) mass is 352 g/mol. The molecule has 0 rings (SSSR count). The van der Waals surface area contributed by atoms with E-state index < -0.39 is 23.0 Å². The Hall–Kier alpha value is -0.726. The molecule has 0 aliphatic heterocycles. The van der Waals surface area contributed by atoms with E-state index in [4.69, 9.17) is 20.4 Å². The molecule has 6 N–H and O–H groups in total. The molecular weight excluding hydrogens is 327 g/mol.